The molecule has 0 aromatic carbocycles. The lowest BCUT2D eigenvalue weighted by Crippen LogP contribution is -2.44. The number of hydrogen-bond acceptors (Lipinski definition) is 3. The number of carbonyl (C=O) groups is 1. The van der Waals surface area contributed by atoms with Gasteiger partial charge >= 0.3 is 5.97 Å². The van der Waals surface area contributed by atoms with Crippen LogP contribution in [0.4, 0.5) is 0 Å². The molecular weight excluding hydrogens is 240 g/mol. The number of hydrogen-bond donors (Lipinski definition) is 3. The fraction of sp³-hybridized carbons (Fsp3) is 0.933. The molecule has 19 heavy (non-hydrogen) atoms. The van der Waals surface area contributed by atoms with Crippen molar-refractivity contribution in [2.24, 2.45) is 5.73 Å². The number of carboxylic acids is 1. The highest BCUT2D eigenvalue weighted by Crippen LogP contribution is 2.15. The summed E-state index contributed by atoms with van der Waals surface area (Å²) >= 11 is 0. The van der Waals surface area contributed by atoms with Gasteiger partial charge in [0, 0.05) is 0 Å². The number of rotatable bonds is 12. The molecule has 0 bridgehead atoms. The smallest absolute Gasteiger partial charge is 0.323 e. The van der Waals surface area contributed by atoms with Crippen LogP contribution in [0.3, 0.4) is 0 Å². The normalized spacial score (nSPS) is 13.6. The summed E-state index contributed by atoms with van der Waals surface area (Å²) in [5.74, 6) is -0.890. The Labute approximate surface area is 118 Å². The molecule has 0 rings (SSSR count). The highest BCUT2D eigenvalue weighted by Gasteiger charge is 2.26. The summed E-state index contributed by atoms with van der Waals surface area (Å²) in [7, 11) is 0. The number of carboxylic acid groups (broad SMARTS) is 1. The Balaban J connectivity index is 0. The monoisotopic (exact) mass is 274 g/mol. The third-order valence-corrected chi connectivity index (χ3v) is 3.54. The van der Waals surface area contributed by atoms with Gasteiger partial charge in [0.15, 0.2) is 0 Å². The van der Waals surface area contributed by atoms with Gasteiger partial charge in [-0.05, 0) is 13.3 Å². The molecule has 0 aromatic rings. The third-order valence-electron chi connectivity index (χ3n) is 3.54. The highest BCUT2D eigenvalue weighted by atomic mass is 16.4. The van der Waals surface area contributed by atoms with Crippen molar-refractivity contribution >= 4 is 5.97 Å². The minimum atomic E-state index is -1.04. The first-order valence-electron chi connectivity index (χ1n) is 7.53. The summed E-state index contributed by atoms with van der Waals surface area (Å²) in [6.45, 7) is 3.84. The molecule has 0 amide bonds. The van der Waals surface area contributed by atoms with Gasteiger partial charge < -0.3 is 17.0 Å². The van der Waals surface area contributed by atoms with Gasteiger partial charge in [-0.15, -0.1) is 0 Å². The molecule has 0 fully saturated rings. The van der Waals surface area contributed by atoms with Crippen molar-refractivity contribution < 1.29 is 9.90 Å². The van der Waals surface area contributed by atoms with Crippen LogP contribution in [-0.2, 0) is 4.79 Å². The molecule has 0 saturated carbocycles. The van der Waals surface area contributed by atoms with E-state index >= 15 is 0 Å². The summed E-state index contributed by atoms with van der Waals surface area (Å²) in [6.07, 6.45) is 13.2. The molecule has 0 aliphatic heterocycles. The van der Waals surface area contributed by atoms with E-state index < -0.39 is 11.5 Å². The maximum Gasteiger partial charge on any atom is 0.323 e. The lowest BCUT2D eigenvalue weighted by molar-refractivity contribution is -0.142. The second-order valence-electron chi connectivity index (χ2n) is 5.65. The lowest BCUT2D eigenvalue weighted by Gasteiger charge is -2.18. The van der Waals surface area contributed by atoms with Gasteiger partial charge in [-0.25, -0.2) is 0 Å². The zero-order valence-corrected chi connectivity index (χ0v) is 12.9. The van der Waals surface area contributed by atoms with Gasteiger partial charge in [0.05, 0.1) is 0 Å². The average Bonchev–Trinajstić information content (AvgIpc) is 2.31. The van der Waals surface area contributed by atoms with E-state index in [1.54, 1.807) is 6.92 Å². The van der Waals surface area contributed by atoms with Crippen LogP contribution in [0.15, 0.2) is 0 Å². The largest absolute Gasteiger partial charge is 0.480 e. The molecule has 1 unspecified atom stereocenters. The Morgan fingerprint density at radius 1 is 0.947 bits per heavy atom. The maximum absolute atomic E-state index is 10.8. The van der Waals surface area contributed by atoms with E-state index in [-0.39, 0.29) is 6.15 Å². The lowest BCUT2D eigenvalue weighted by atomic mass is 9.95. The van der Waals surface area contributed by atoms with Crippen molar-refractivity contribution in [1.29, 1.82) is 0 Å². The number of nitrogens with two attached hydrogens (primary N) is 1. The van der Waals surface area contributed by atoms with Crippen molar-refractivity contribution in [1.82, 2.24) is 6.15 Å². The maximum atomic E-state index is 10.8. The first-order valence-corrected chi connectivity index (χ1v) is 7.53. The molecule has 0 spiro atoms. The molecule has 6 N–H and O–H groups in total. The van der Waals surface area contributed by atoms with E-state index in [1.165, 1.54) is 51.4 Å². The quantitative estimate of drug-likeness (QED) is 0.463. The summed E-state index contributed by atoms with van der Waals surface area (Å²) < 4.78 is 0. The molecule has 0 saturated heterocycles. The van der Waals surface area contributed by atoms with Crippen LogP contribution in [0.25, 0.3) is 0 Å². The van der Waals surface area contributed by atoms with Crippen molar-refractivity contribution in [2.75, 3.05) is 0 Å². The van der Waals surface area contributed by atoms with Gasteiger partial charge in [0.1, 0.15) is 5.54 Å². The van der Waals surface area contributed by atoms with E-state index in [9.17, 15) is 4.79 Å². The van der Waals surface area contributed by atoms with Crippen LogP contribution >= 0.6 is 0 Å². The second kappa shape index (κ2) is 12.4. The van der Waals surface area contributed by atoms with E-state index in [1.807, 2.05) is 0 Å². The molecule has 116 valence electrons. The third kappa shape index (κ3) is 12.2. The molecular formula is C15H34N2O2. The van der Waals surface area contributed by atoms with Crippen molar-refractivity contribution in [2.45, 2.75) is 90.0 Å². The second-order valence-corrected chi connectivity index (χ2v) is 5.65. The summed E-state index contributed by atoms with van der Waals surface area (Å²) in [5.41, 5.74) is 4.63. The molecule has 0 aliphatic carbocycles. The summed E-state index contributed by atoms with van der Waals surface area (Å²) in [6, 6.07) is 0. The fourth-order valence-electron chi connectivity index (χ4n) is 2.09. The topological polar surface area (TPSA) is 98.3 Å². The van der Waals surface area contributed by atoms with Gasteiger partial charge in [-0.1, -0.05) is 71.1 Å². The van der Waals surface area contributed by atoms with Gasteiger partial charge in [0.2, 0.25) is 0 Å². The zero-order chi connectivity index (χ0) is 13.9. The molecule has 0 aliphatic rings. The van der Waals surface area contributed by atoms with Crippen molar-refractivity contribution in [3.63, 3.8) is 0 Å². The van der Waals surface area contributed by atoms with E-state index in [4.69, 9.17) is 10.8 Å². The Hall–Kier alpha value is -0.610. The van der Waals surface area contributed by atoms with Gasteiger partial charge in [-0.3, -0.25) is 4.79 Å². The molecule has 1 atom stereocenters. The fourth-order valence-corrected chi connectivity index (χ4v) is 2.09. The first-order chi connectivity index (χ1) is 8.50. The Bertz CT molecular complexity index is 218. The van der Waals surface area contributed by atoms with Crippen LogP contribution in [-0.4, -0.2) is 16.6 Å². The Kier molecular flexibility index (Phi) is 13.5. The molecule has 0 heterocycles. The van der Waals surface area contributed by atoms with Crippen molar-refractivity contribution in [3.8, 4) is 0 Å². The van der Waals surface area contributed by atoms with Crippen LogP contribution in [0, 0.1) is 0 Å². The van der Waals surface area contributed by atoms with E-state index in [0.29, 0.717) is 6.42 Å². The molecule has 4 heteroatoms. The van der Waals surface area contributed by atoms with Crippen LogP contribution in [0.2, 0.25) is 0 Å². The standard InChI is InChI=1S/C15H31NO2.H3N/c1-3-4-5-6-7-8-9-10-11-12-13-15(2,16)14(17)18;/h3-13,16H2,1-2H3,(H,17,18);1H3. The van der Waals surface area contributed by atoms with Crippen LogP contribution < -0.4 is 11.9 Å². The van der Waals surface area contributed by atoms with Gasteiger partial charge in [0.25, 0.3) is 0 Å². The minimum Gasteiger partial charge on any atom is -0.480 e. The van der Waals surface area contributed by atoms with Gasteiger partial charge in [-0.2, -0.15) is 0 Å². The highest BCUT2D eigenvalue weighted by molar-refractivity contribution is 5.77. The number of aliphatic carboxylic acids is 1. The zero-order valence-electron chi connectivity index (χ0n) is 12.9. The SMILES string of the molecule is CCCCCCCCCCCCC(C)(N)C(=O)O.N. The summed E-state index contributed by atoms with van der Waals surface area (Å²) in [5, 5.41) is 8.86. The first kappa shape index (κ1) is 20.7. The van der Waals surface area contributed by atoms with Crippen LogP contribution in [0.1, 0.15) is 84.5 Å². The Morgan fingerprint density at radius 3 is 1.68 bits per heavy atom. The van der Waals surface area contributed by atoms with E-state index in [2.05, 4.69) is 6.92 Å². The molecule has 0 aromatic heterocycles. The van der Waals surface area contributed by atoms with Crippen molar-refractivity contribution in [3.05, 3.63) is 0 Å². The predicted octanol–water partition coefficient (Wildman–Crippen LogP) is 4.26. The predicted molar refractivity (Wildman–Crippen MR) is 81.7 cm³/mol. The van der Waals surface area contributed by atoms with E-state index in [0.717, 1.165) is 12.8 Å². The number of unbranched alkanes of at least 4 members (excludes halogenated alkanes) is 9. The Morgan fingerprint density at radius 2 is 1.32 bits per heavy atom. The summed E-state index contributed by atoms with van der Waals surface area (Å²) in [4.78, 5) is 10.8. The van der Waals surface area contributed by atoms with Crippen LogP contribution in [0.5, 0.6) is 0 Å². The molecule has 4 nitrogen and oxygen atoms in total. The minimum absolute atomic E-state index is 0. The molecule has 0 radical (unpaired) electrons. The average molecular weight is 274 g/mol.